The van der Waals surface area contributed by atoms with Gasteiger partial charge in [-0.15, -0.1) is 0 Å². The second kappa shape index (κ2) is 8.95. The molecule has 0 amide bonds. The van der Waals surface area contributed by atoms with Crippen molar-refractivity contribution in [1.82, 2.24) is 0 Å². The molecule has 82 valence electrons. The van der Waals surface area contributed by atoms with Crippen LogP contribution in [0.25, 0.3) is 0 Å². The van der Waals surface area contributed by atoms with E-state index in [2.05, 4.69) is 13.8 Å². The highest BCUT2D eigenvalue weighted by molar-refractivity contribution is 5.90. The zero-order valence-corrected chi connectivity index (χ0v) is 9.64. The largest absolute Gasteiger partial charge is 0.384 e. The molecule has 0 heterocycles. The molecule has 0 aliphatic rings. The maximum atomic E-state index is 11.4. The van der Waals surface area contributed by atoms with Crippen LogP contribution in [0.2, 0.25) is 0 Å². The molecule has 0 N–H and O–H groups in total. The van der Waals surface area contributed by atoms with Crippen LogP contribution in [0.1, 0.15) is 46.0 Å². The Bertz CT molecular complexity index is 175. The third-order valence-electron chi connectivity index (χ3n) is 2.06. The fourth-order valence-electron chi connectivity index (χ4n) is 1.41. The summed E-state index contributed by atoms with van der Waals surface area (Å²) in [6.07, 6.45) is 6.64. The van der Waals surface area contributed by atoms with E-state index >= 15 is 0 Å². The van der Waals surface area contributed by atoms with Gasteiger partial charge in [-0.25, -0.2) is 0 Å². The van der Waals surface area contributed by atoms with Gasteiger partial charge in [0.15, 0.2) is 5.78 Å². The Morgan fingerprint density at radius 3 is 2.14 bits per heavy atom. The number of hydrogen-bond donors (Lipinski definition) is 0. The van der Waals surface area contributed by atoms with Gasteiger partial charge in [-0.3, -0.25) is 4.79 Å². The van der Waals surface area contributed by atoms with Gasteiger partial charge in [0.1, 0.15) is 0 Å². The SMILES string of the molecule is CCCC(=CC(=O)CCOC)CCC. The van der Waals surface area contributed by atoms with Crippen molar-refractivity contribution in [1.29, 1.82) is 0 Å². The van der Waals surface area contributed by atoms with E-state index in [4.69, 9.17) is 4.74 Å². The molecule has 0 spiro atoms. The Hall–Kier alpha value is -0.630. The molecule has 0 radical (unpaired) electrons. The molecule has 0 bridgehead atoms. The molecule has 0 fully saturated rings. The monoisotopic (exact) mass is 198 g/mol. The van der Waals surface area contributed by atoms with Crippen molar-refractivity contribution in [2.75, 3.05) is 13.7 Å². The third-order valence-corrected chi connectivity index (χ3v) is 2.06. The number of carbonyl (C=O) groups excluding carboxylic acids is 1. The molecule has 0 aromatic rings. The fraction of sp³-hybridized carbons (Fsp3) is 0.750. The van der Waals surface area contributed by atoms with E-state index < -0.39 is 0 Å². The van der Waals surface area contributed by atoms with Crippen LogP contribution in [0.3, 0.4) is 0 Å². The molecule has 14 heavy (non-hydrogen) atoms. The van der Waals surface area contributed by atoms with E-state index in [1.165, 1.54) is 5.57 Å². The smallest absolute Gasteiger partial charge is 0.157 e. The zero-order valence-electron chi connectivity index (χ0n) is 9.64. The lowest BCUT2D eigenvalue weighted by molar-refractivity contribution is -0.115. The van der Waals surface area contributed by atoms with Gasteiger partial charge < -0.3 is 4.74 Å². The number of rotatable bonds is 8. The summed E-state index contributed by atoms with van der Waals surface area (Å²) in [7, 11) is 1.62. The van der Waals surface area contributed by atoms with E-state index in [0.717, 1.165) is 25.7 Å². The van der Waals surface area contributed by atoms with Crippen molar-refractivity contribution in [2.45, 2.75) is 46.0 Å². The van der Waals surface area contributed by atoms with E-state index in [1.807, 2.05) is 6.08 Å². The van der Waals surface area contributed by atoms with Gasteiger partial charge in [0, 0.05) is 13.5 Å². The van der Waals surface area contributed by atoms with Crippen molar-refractivity contribution in [3.05, 3.63) is 11.6 Å². The van der Waals surface area contributed by atoms with Crippen LogP contribution in [0, 0.1) is 0 Å². The highest BCUT2D eigenvalue weighted by Crippen LogP contribution is 2.12. The molecule has 0 aromatic carbocycles. The number of carbonyl (C=O) groups is 1. The molecular formula is C12H22O2. The summed E-state index contributed by atoms with van der Waals surface area (Å²) in [4.78, 5) is 11.4. The van der Waals surface area contributed by atoms with Crippen LogP contribution in [0.4, 0.5) is 0 Å². The standard InChI is InChI=1S/C12H22O2/c1-4-6-11(7-5-2)10-12(13)8-9-14-3/h10H,4-9H2,1-3H3. The molecule has 0 aromatic heterocycles. The molecule has 0 rings (SSSR count). The first-order valence-electron chi connectivity index (χ1n) is 5.45. The third kappa shape index (κ3) is 6.84. The number of ether oxygens (including phenoxy) is 1. The molecule has 2 heteroatoms. The Balaban J connectivity index is 4.03. The average molecular weight is 198 g/mol. The van der Waals surface area contributed by atoms with Gasteiger partial charge in [-0.05, 0) is 18.9 Å². The predicted octanol–water partition coefficient (Wildman–Crippen LogP) is 3.12. The van der Waals surface area contributed by atoms with E-state index in [9.17, 15) is 4.79 Å². The molecule has 0 aliphatic carbocycles. The number of allylic oxidation sites excluding steroid dienone is 2. The first kappa shape index (κ1) is 13.4. The molecule has 0 saturated heterocycles. The second-order valence-electron chi connectivity index (χ2n) is 3.51. The van der Waals surface area contributed by atoms with Crippen LogP contribution >= 0.6 is 0 Å². The summed E-state index contributed by atoms with van der Waals surface area (Å²) in [6, 6.07) is 0. The van der Waals surface area contributed by atoms with E-state index in [1.54, 1.807) is 7.11 Å². The topological polar surface area (TPSA) is 26.3 Å². The molecule has 0 aliphatic heterocycles. The highest BCUT2D eigenvalue weighted by Gasteiger charge is 2.00. The normalized spacial score (nSPS) is 9.93. The van der Waals surface area contributed by atoms with Crippen LogP contribution < -0.4 is 0 Å². The Morgan fingerprint density at radius 2 is 1.71 bits per heavy atom. The fourth-order valence-corrected chi connectivity index (χ4v) is 1.41. The molecular weight excluding hydrogens is 176 g/mol. The molecule has 0 unspecified atom stereocenters. The van der Waals surface area contributed by atoms with Crippen LogP contribution in [0.5, 0.6) is 0 Å². The molecule has 0 atom stereocenters. The first-order chi connectivity index (χ1) is 6.74. The lowest BCUT2D eigenvalue weighted by Crippen LogP contribution is -2.00. The van der Waals surface area contributed by atoms with Crippen molar-refractivity contribution in [3.8, 4) is 0 Å². The maximum absolute atomic E-state index is 11.4. The molecule has 2 nitrogen and oxygen atoms in total. The van der Waals surface area contributed by atoms with Gasteiger partial charge in [-0.2, -0.15) is 0 Å². The van der Waals surface area contributed by atoms with Crippen molar-refractivity contribution in [2.24, 2.45) is 0 Å². The lowest BCUT2D eigenvalue weighted by atomic mass is 10.0. The maximum Gasteiger partial charge on any atom is 0.157 e. The summed E-state index contributed by atoms with van der Waals surface area (Å²) >= 11 is 0. The summed E-state index contributed by atoms with van der Waals surface area (Å²) in [5, 5.41) is 0. The zero-order chi connectivity index (χ0) is 10.8. The van der Waals surface area contributed by atoms with Gasteiger partial charge in [-0.1, -0.05) is 32.3 Å². The lowest BCUT2D eigenvalue weighted by Gasteiger charge is -2.03. The minimum atomic E-state index is 0.198. The molecule has 0 saturated carbocycles. The minimum absolute atomic E-state index is 0.198. The van der Waals surface area contributed by atoms with Crippen LogP contribution in [-0.4, -0.2) is 19.5 Å². The summed E-state index contributed by atoms with van der Waals surface area (Å²) in [5.41, 5.74) is 1.29. The first-order valence-corrected chi connectivity index (χ1v) is 5.45. The van der Waals surface area contributed by atoms with E-state index in [-0.39, 0.29) is 5.78 Å². The minimum Gasteiger partial charge on any atom is -0.384 e. The Labute approximate surface area is 87.3 Å². The highest BCUT2D eigenvalue weighted by atomic mass is 16.5. The number of methoxy groups -OCH3 is 1. The van der Waals surface area contributed by atoms with Crippen molar-refractivity contribution < 1.29 is 9.53 Å². The van der Waals surface area contributed by atoms with Crippen molar-refractivity contribution in [3.63, 3.8) is 0 Å². The van der Waals surface area contributed by atoms with Gasteiger partial charge in [0.25, 0.3) is 0 Å². The Morgan fingerprint density at radius 1 is 1.14 bits per heavy atom. The van der Waals surface area contributed by atoms with Crippen LogP contribution in [0.15, 0.2) is 11.6 Å². The van der Waals surface area contributed by atoms with Gasteiger partial charge >= 0.3 is 0 Å². The van der Waals surface area contributed by atoms with E-state index in [0.29, 0.717) is 13.0 Å². The van der Waals surface area contributed by atoms with Gasteiger partial charge in [0.05, 0.1) is 6.61 Å². The van der Waals surface area contributed by atoms with Crippen molar-refractivity contribution >= 4 is 5.78 Å². The quantitative estimate of drug-likeness (QED) is 0.560. The summed E-state index contributed by atoms with van der Waals surface area (Å²) < 4.78 is 4.86. The number of ketones is 1. The predicted molar refractivity (Wildman–Crippen MR) is 59.4 cm³/mol. The van der Waals surface area contributed by atoms with Crippen LogP contribution in [-0.2, 0) is 9.53 Å². The Kier molecular flexibility index (Phi) is 8.54. The number of hydrogen-bond acceptors (Lipinski definition) is 2. The second-order valence-corrected chi connectivity index (χ2v) is 3.51. The summed E-state index contributed by atoms with van der Waals surface area (Å²) in [6.45, 7) is 4.81. The average Bonchev–Trinajstić information content (AvgIpc) is 2.15. The summed E-state index contributed by atoms with van der Waals surface area (Å²) in [5.74, 6) is 0.198. The van der Waals surface area contributed by atoms with Gasteiger partial charge in [0.2, 0.25) is 0 Å².